The zero-order valence-electron chi connectivity index (χ0n) is 3.39. The average Bonchev–Trinajstić information content (AvgIpc) is 1.68. The Balaban J connectivity index is 3.17. The summed E-state index contributed by atoms with van der Waals surface area (Å²) in [6, 6.07) is 0. The van der Waals surface area contributed by atoms with Crippen LogP contribution in [0.4, 0.5) is 0 Å². The van der Waals surface area contributed by atoms with E-state index in [1.54, 1.807) is 0 Å². The quantitative estimate of drug-likeness (QED) is 0.441. The number of rotatable bonds is 2. The molecule has 0 radical (unpaired) electrons. The van der Waals surface area contributed by atoms with Gasteiger partial charge in [0, 0.05) is 6.08 Å². The highest BCUT2D eigenvalue weighted by Crippen LogP contribution is 1.73. The molecule has 0 saturated heterocycles. The van der Waals surface area contributed by atoms with E-state index in [1.165, 1.54) is 0 Å². The molecule has 7 heavy (non-hydrogen) atoms. The van der Waals surface area contributed by atoms with Crippen LogP contribution in [0.5, 0.6) is 0 Å². The fraction of sp³-hybridized carbons (Fsp3) is 0. The molecule has 0 spiro atoms. The summed E-state index contributed by atoms with van der Waals surface area (Å²) < 4.78 is 13.0. The Hall–Kier alpha value is -0.540. The Morgan fingerprint density at radius 2 is 2.57 bits per heavy atom. The van der Waals surface area contributed by atoms with Crippen LogP contribution in [-0.4, -0.2) is 5.97 Å². The number of halogens is 1. The third kappa shape index (κ3) is 3.29. The first-order valence-electron chi connectivity index (χ1n) is 1.41. The van der Waals surface area contributed by atoms with Crippen molar-refractivity contribution in [2.24, 2.45) is 0 Å². The van der Waals surface area contributed by atoms with Crippen LogP contribution in [0.2, 0.25) is 0 Å². The lowest BCUT2D eigenvalue weighted by molar-refractivity contribution is -1.26. The molecule has 0 amide bonds. The minimum absolute atomic E-state index is 0.158. The summed E-state index contributed by atoms with van der Waals surface area (Å²) in [5.41, 5.74) is 0. The maximum atomic E-state index is 9.84. The molecule has 0 N–H and O–H groups in total. The van der Waals surface area contributed by atoms with Crippen molar-refractivity contribution in [1.82, 2.24) is 0 Å². The van der Waals surface area contributed by atoms with Gasteiger partial charge < -0.3 is 4.66 Å². The molecule has 0 aliphatic rings. The predicted molar refractivity (Wildman–Crippen MR) is 16.3 cm³/mol. The normalized spacial score (nSPS) is 7.57. The Labute approximate surface area is 44.7 Å². The second-order valence-electron chi connectivity index (χ2n) is 0.663. The van der Waals surface area contributed by atoms with Crippen LogP contribution >= 0.6 is 0 Å². The molecule has 0 aromatic rings. The van der Waals surface area contributed by atoms with E-state index in [-0.39, 0.29) is 11.3 Å². The molecule has 0 aliphatic heterocycles. The van der Waals surface area contributed by atoms with Crippen LogP contribution in [0, 0.1) is 11.3 Å². The van der Waals surface area contributed by atoms with E-state index in [0.717, 1.165) is 6.08 Å². The zero-order chi connectivity index (χ0) is 5.70. The van der Waals surface area contributed by atoms with Gasteiger partial charge in [-0.25, -0.2) is 4.79 Å². The van der Waals surface area contributed by atoms with E-state index < -0.39 is 5.97 Å². The second kappa shape index (κ2) is 3.64. The maximum absolute atomic E-state index is 9.84. The fourth-order valence-electron chi connectivity index (χ4n) is 0.0625. The lowest BCUT2D eigenvalue weighted by Crippen LogP contribution is -2.08. The average molecular weight is 123 g/mol. The molecule has 0 heterocycles. The third-order valence-corrected chi connectivity index (χ3v) is 0.489. The third-order valence-electron chi connectivity index (χ3n) is 0.274. The molecule has 0 aromatic heterocycles. The number of hydrogen-bond donors (Lipinski definition) is 0. The van der Waals surface area contributed by atoms with Gasteiger partial charge in [-0.05, 0) is 0 Å². The molecule has 0 fully saturated rings. The summed E-state index contributed by atoms with van der Waals surface area (Å²) in [6.07, 6.45) is 0.908. The Morgan fingerprint density at radius 1 is 2.00 bits per heavy atom. The van der Waals surface area contributed by atoms with Gasteiger partial charge in [0.2, 0.25) is 0 Å². The van der Waals surface area contributed by atoms with Crippen LogP contribution in [-0.2, 0) is 9.08 Å². The molecule has 3 nitrogen and oxygen atoms in total. The zero-order valence-corrected chi connectivity index (χ0v) is 4.14. The van der Waals surface area contributed by atoms with Crippen molar-refractivity contribution >= 4 is 5.97 Å². The van der Waals surface area contributed by atoms with Crippen LogP contribution in [0.1, 0.15) is 0 Å². The highest BCUT2D eigenvalue weighted by molar-refractivity contribution is 5.80. The monoisotopic (exact) mass is 122 g/mol. The van der Waals surface area contributed by atoms with Crippen LogP contribution in [0.3, 0.4) is 0 Å². The summed E-state index contributed by atoms with van der Waals surface area (Å²) in [6.45, 7) is 3.04. The Kier molecular flexibility index (Phi) is 3.36. The molecule has 0 rings (SSSR count). The molecule has 4 heteroatoms. The molecule has 0 bridgehead atoms. The summed E-state index contributed by atoms with van der Waals surface area (Å²) in [4.78, 5) is 9.84. The van der Waals surface area contributed by atoms with Crippen molar-refractivity contribution in [2.45, 2.75) is 0 Å². The summed E-state index contributed by atoms with van der Waals surface area (Å²) >= 11 is 0.158. The van der Waals surface area contributed by atoms with Gasteiger partial charge >= 0.3 is 17.3 Å². The highest BCUT2D eigenvalue weighted by Gasteiger charge is 1.98. The maximum Gasteiger partial charge on any atom is 0.399 e. The van der Waals surface area contributed by atoms with Gasteiger partial charge in [0.15, 0.2) is 0 Å². The van der Waals surface area contributed by atoms with Gasteiger partial charge in [0.1, 0.15) is 0 Å². The summed E-state index contributed by atoms with van der Waals surface area (Å²) in [5, 5.41) is 0. The summed E-state index contributed by atoms with van der Waals surface area (Å²) in [5.74, 6) is -0.733. The van der Waals surface area contributed by atoms with E-state index in [0.29, 0.717) is 0 Å². The van der Waals surface area contributed by atoms with Gasteiger partial charge in [0.05, 0.1) is 0 Å². The van der Waals surface area contributed by atoms with E-state index in [4.69, 9.17) is 0 Å². The smallest absolute Gasteiger partial charge is 0.399 e. The summed E-state index contributed by atoms with van der Waals surface area (Å²) in [7, 11) is 0. The molecule has 0 atom stereocenters. The first-order chi connectivity index (χ1) is 3.31. The molecular weight excluding hydrogens is 119 g/mol. The molecule has 40 valence electrons. The molecular formula is C3H3ClO3. The van der Waals surface area contributed by atoms with Gasteiger partial charge in [-0.1, -0.05) is 6.58 Å². The van der Waals surface area contributed by atoms with Crippen molar-refractivity contribution < 1.29 is 25.1 Å². The predicted octanol–water partition coefficient (Wildman–Crippen LogP) is -1.01. The molecule has 0 aromatic carbocycles. The number of hydrogen-bond acceptors (Lipinski definition) is 3. The van der Waals surface area contributed by atoms with Crippen molar-refractivity contribution in [3.63, 3.8) is 0 Å². The largest absolute Gasteiger partial charge is 0.495 e. The van der Waals surface area contributed by atoms with Crippen molar-refractivity contribution in [2.75, 3.05) is 0 Å². The van der Waals surface area contributed by atoms with E-state index in [2.05, 4.69) is 10.9 Å². The minimum Gasteiger partial charge on any atom is -0.495 e. The molecule has 0 unspecified atom stereocenters. The number of carbonyl (C=O) groups excluding carboxylic acids is 1. The first kappa shape index (κ1) is 6.46. The van der Waals surface area contributed by atoms with E-state index in [9.17, 15) is 9.45 Å². The van der Waals surface area contributed by atoms with E-state index in [1.807, 2.05) is 0 Å². The van der Waals surface area contributed by atoms with E-state index >= 15 is 0 Å². The topological polar surface area (TPSA) is 49.4 Å². The van der Waals surface area contributed by atoms with Crippen molar-refractivity contribution in [3.05, 3.63) is 12.7 Å². The first-order valence-corrected chi connectivity index (χ1v) is 2.03. The highest BCUT2D eigenvalue weighted by atomic mass is 35.6. The molecule has 0 aliphatic carbocycles. The Morgan fingerprint density at radius 3 is 2.71 bits per heavy atom. The fourth-order valence-corrected chi connectivity index (χ4v) is 0.188. The van der Waals surface area contributed by atoms with Gasteiger partial charge in [0.25, 0.3) is 0 Å². The van der Waals surface area contributed by atoms with Crippen LogP contribution in [0.15, 0.2) is 12.7 Å². The van der Waals surface area contributed by atoms with Gasteiger partial charge in [-0.15, -0.1) is 0 Å². The van der Waals surface area contributed by atoms with Gasteiger partial charge in [-0.3, -0.25) is 0 Å². The minimum atomic E-state index is -0.733. The standard InChI is InChI=1S/C3H3ClO3/c1-2-3(5)7-4-6/h2H,1H2. The van der Waals surface area contributed by atoms with Gasteiger partial charge in [-0.2, -0.15) is 4.29 Å². The van der Waals surface area contributed by atoms with Crippen molar-refractivity contribution in [1.29, 1.82) is 0 Å². The second-order valence-corrected chi connectivity index (χ2v) is 0.944. The van der Waals surface area contributed by atoms with Crippen LogP contribution < -0.4 is 4.66 Å². The molecule has 0 saturated carbocycles. The SMILES string of the molecule is C=CC(=O)O[Cl+][O-]. The van der Waals surface area contributed by atoms with Crippen molar-refractivity contribution in [3.8, 4) is 0 Å². The Bertz CT molecular complexity index is 80.2. The van der Waals surface area contributed by atoms with Crippen LogP contribution in [0.25, 0.3) is 0 Å². The number of carbonyl (C=O) groups is 1. The lowest BCUT2D eigenvalue weighted by Gasteiger charge is -1.76. The lowest BCUT2D eigenvalue weighted by atomic mass is 10.7.